The van der Waals surface area contributed by atoms with E-state index in [1.807, 2.05) is 13.0 Å². The first-order valence-electron chi connectivity index (χ1n) is 10.3. The predicted octanol–water partition coefficient (Wildman–Crippen LogP) is 5.19. The van der Waals surface area contributed by atoms with E-state index in [1.54, 1.807) is 6.20 Å². The van der Waals surface area contributed by atoms with Gasteiger partial charge in [0.25, 0.3) is 0 Å². The summed E-state index contributed by atoms with van der Waals surface area (Å²) in [6.07, 6.45) is 6.72. The molecule has 0 aliphatic heterocycles. The molecule has 0 N–H and O–H groups in total. The maximum Gasteiger partial charge on any atom is 0.134 e. The topological polar surface area (TPSA) is 76.6 Å². The van der Waals surface area contributed by atoms with Crippen molar-refractivity contribution < 1.29 is 4.74 Å². The molecule has 8 heteroatoms. The van der Waals surface area contributed by atoms with Gasteiger partial charge in [-0.2, -0.15) is 5.26 Å². The highest BCUT2D eigenvalue weighted by atomic mass is 79.9. The lowest BCUT2D eigenvalue weighted by atomic mass is 10.1. The Labute approximate surface area is 183 Å². The Morgan fingerprint density at radius 3 is 2.86 bits per heavy atom. The third-order valence-electron chi connectivity index (χ3n) is 5.05. The number of rotatable bonds is 11. The van der Waals surface area contributed by atoms with Gasteiger partial charge in [-0.1, -0.05) is 19.1 Å². The molecule has 0 aromatic carbocycles. The first-order chi connectivity index (χ1) is 14.0. The van der Waals surface area contributed by atoms with Crippen LogP contribution >= 0.6 is 15.9 Å². The van der Waals surface area contributed by atoms with Crippen LogP contribution in [0.2, 0.25) is 19.1 Å². The minimum absolute atomic E-state index is 0.00229. The number of imidazole rings is 1. The number of nitrogens with zero attached hydrogens (tertiary/aromatic N) is 5. The van der Waals surface area contributed by atoms with E-state index in [0.29, 0.717) is 19.1 Å². The number of aryl methyl sites for hydroxylation is 1. The van der Waals surface area contributed by atoms with Gasteiger partial charge in [0.15, 0.2) is 0 Å². The average molecular weight is 475 g/mol. The van der Waals surface area contributed by atoms with Gasteiger partial charge in [-0.3, -0.25) is 0 Å². The molecule has 1 fully saturated rings. The van der Waals surface area contributed by atoms with E-state index >= 15 is 0 Å². The van der Waals surface area contributed by atoms with Gasteiger partial charge in [0, 0.05) is 39.9 Å². The number of nitriles is 1. The van der Waals surface area contributed by atoms with Crippen molar-refractivity contribution in [1.82, 2.24) is 19.5 Å². The Morgan fingerprint density at radius 2 is 2.17 bits per heavy atom. The summed E-state index contributed by atoms with van der Waals surface area (Å²) in [5, 5.41) is 9.01. The van der Waals surface area contributed by atoms with Crippen LogP contribution in [0.3, 0.4) is 0 Å². The highest BCUT2D eigenvalue weighted by molar-refractivity contribution is 9.10. The highest BCUT2D eigenvalue weighted by Crippen LogP contribution is 2.42. The summed E-state index contributed by atoms with van der Waals surface area (Å²) in [6.45, 7) is 7.88. The van der Waals surface area contributed by atoms with E-state index in [1.165, 1.54) is 18.9 Å². The second-order valence-corrected chi connectivity index (χ2v) is 11.8. The first-order valence-corrected chi connectivity index (χ1v) is 13.8. The number of hydrogen-bond acceptors (Lipinski definition) is 5. The maximum atomic E-state index is 9.01. The zero-order valence-corrected chi connectivity index (χ0v) is 20.1. The van der Waals surface area contributed by atoms with E-state index in [-0.39, 0.29) is 14.7 Å². The third kappa shape index (κ3) is 6.21. The second kappa shape index (κ2) is 10.5. The first kappa shape index (κ1) is 22.1. The van der Waals surface area contributed by atoms with Gasteiger partial charge in [0.2, 0.25) is 0 Å². The fraction of sp³-hybridized carbons (Fsp3) is 0.619. The molecule has 2 heterocycles. The molecule has 2 aromatic heterocycles. The lowest BCUT2D eigenvalue weighted by molar-refractivity contribution is 0.0764. The van der Waals surface area contributed by atoms with Gasteiger partial charge in [-0.15, -0.1) is 0 Å². The van der Waals surface area contributed by atoms with Gasteiger partial charge in [-0.25, -0.2) is 15.0 Å². The summed E-state index contributed by atoms with van der Waals surface area (Å²) < 4.78 is 9.01. The average Bonchev–Trinajstić information content (AvgIpc) is 3.49. The standard InChI is InChI=1S/C21H29BrN5OSi/c1-15(13-23)5-8-18-24-10-9-17(25-18)19-20(22)26-21(16-6-7-16)27(19)14-28-11-4-12-29(2)3/h9-10,15-16H,4-8,11-12,14H2,1-3H3. The molecule has 155 valence electrons. The summed E-state index contributed by atoms with van der Waals surface area (Å²) in [5.41, 5.74) is 1.81. The van der Waals surface area contributed by atoms with Crippen LogP contribution in [0.4, 0.5) is 0 Å². The number of ether oxygens (including phenoxy) is 1. The molecule has 1 atom stereocenters. The van der Waals surface area contributed by atoms with E-state index in [4.69, 9.17) is 20.0 Å². The van der Waals surface area contributed by atoms with Crippen LogP contribution in [-0.4, -0.2) is 34.9 Å². The highest BCUT2D eigenvalue weighted by Gasteiger charge is 2.31. The van der Waals surface area contributed by atoms with Gasteiger partial charge >= 0.3 is 0 Å². The molecular weight excluding hydrogens is 446 g/mol. The summed E-state index contributed by atoms with van der Waals surface area (Å²) >= 11 is 3.65. The molecular formula is C21H29BrN5OSi. The predicted molar refractivity (Wildman–Crippen MR) is 119 cm³/mol. The van der Waals surface area contributed by atoms with Crippen molar-refractivity contribution in [2.24, 2.45) is 5.92 Å². The van der Waals surface area contributed by atoms with Crippen LogP contribution in [-0.2, 0) is 17.9 Å². The molecule has 0 bridgehead atoms. The van der Waals surface area contributed by atoms with Crippen LogP contribution in [0, 0.1) is 17.2 Å². The largest absolute Gasteiger partial charge is 0.361 e. The smallest absolute Gasteiger partial charge is 0.134 e. The molecule has 3 rings (SSSR count). The van der Waals surface area contributed by atoms with Crippen LogP contribution < -0.4 is 0 Å². The maximum absolute atomic E-state index is 9.01. The van der Waals surface area contributed by atoms with Gasteiger partial charge in [0.05, 0.1) is 11.8 Å². The lowest BCUT2D eigenvalue weighted by Crippen LogP contribution is -2.11. The van der Waals surface area contributed by atoms with Crippen molar-refractivity contribution in [3.05, 3.63) is 28.5 Å². The van der Waals surface area contributed by atoms with Gasteiger partial charge < -0.3 is 9.30 Å². The van der Waals surface area contributed by atoms with Crippen molar-refractivity contribution in [1.29, 1.82) is 5.26 Å². The molecule has 1 unspecified atom stereocenters. The van der Waals surface area contributed by atoms with E-state index < -0.39 is 0 Å². The van der Waals surface area contributed by atoms with E-state index in [9.17, 15) is 0 Å². The molecule has 1 saturated carbocycles. The number of aromatic nitrogens is 4. The van der Waals surface area contributed by atoms with Crippen molar-refractivity contribution in [2.45, 2.75) is 70.8 Å². The Hall–Kier alpha value is -1.56. The third-order valence-corrected chi connectivity index (χ3v) is 6.96. The van der Waals surface area contributed by atoms with Crippen molar-refractivity contribution >= 4 is 24.7 Å². The molecule has 0 spiro atoms. The Balaban J connectivity index is 1.78. The molecule has 1 radical (unpaired) electrons. The van der Waals surface area contributed by atoms with Crippen LogP contribution in [0.5, 0.6) is 0 Å². The van der Waals surface area contributed by atoms with E-state index in [2.05, 4.69) is 44.6 Å². The van der Waals surface area contributed by atoms with E-state index in [0.717, 1.165) is 47.1 Å². The second-order valence-electron chi connectivity index (χ2n) is 8.09. The Bertz CT molecular complexity index is 859. The van der Waals surface area contributed by atoms with Gasteiger partial charge in [-0.05, 0) is 54.6 Å². The SMILES string of the molecule is CC(C#N)CCc1nccc(-c2c(Br)nc(C3CC3)n2COCCC[Si](C)C)n1. The van der Waals surface area contributed by atoms with Crippen LogP contribution in [0.1, 0.15) is 50.2 Å². The zero-order chi connectivity index (χ0) is 20.8. The number of hydrogen-bond donors (Lipinski definition) is 0. The lowest BCUT2D eigenvalue weighted by Gasteiger charge is -2.13. The summed E-state index contributed by atoms with van der Waals surface area (Å²) in [7, 11) is -0.199. The molecule has 6 nitrogen and oxygen atoms in total. The van der Waals surface area contributed by atoms with Crippen LogP contribution in [0.15, 0.2) is 16.9 Å². The monoisotopic (exact) mass is 474 g/mol. The Morgan fingerprint density at radius 1 is 1.38 bits per heavy atom. The molecule has 1 aliphatic rings. The summed E-state index contributed by atoms with van der Waals surface area (Å²) in [4.78, 5) is 14.0. The molecule has 0 amide bonds. The molecule has 0 saturated heterocycles. The fourth-order valence-corrected chi connectivity index (χ4v) is 4.66. The minimum Gasteiger partial charge on any atom is -0.361 e. The van der Waals surface area contributed by atoms with Crippen LogP contribution in [0.25, 0.3) is 11.4 Å². The fourth-order valence-electron chi connectivity index (χ4n) is 3.21. The zero-order valence-electron chi connectivity index (χ0n) is 17.5. The molecule has 29 heavy (non-hydrogen) atoms. The summed E-state index contributed by atoms with van der Waals surface area (Å²) in [5.74, 6) is 2.37. The van der Waals surface area contributed by atoms with Crippen molar-refractivity contribution in [2.75, 3.05) is 6.61 Å². The van der Waals surface area contributed by atoms with Crippen molar-refractivity contribution in [3.8, 4) is 17.5 Å². The normalized spacial score (nSPS) is 14.9. The Kier molecular flexibility index (Phi) is 7.98. The quantitative estimate of drug-likeness (QED) is 0.330. The molecule has 2 aromatic rings. The van der Waals surface area contributed by atoms with Crippen molar-refractivity contribution in [3.63, 3.8) is 0 Å². The molecule has 1 aliphatic carbocycles. The minimum atomic E-state index is -0.199. The summed E-state index contributed by atoms with van der Waals surface area (Å²) in [6, 6.07) is 5.47. The van der Waals surface area contributed by atoms with Gasteiger partial charge in [0.1, 0.15) is 28.7 Å². The number of halogens is 1.